The molecule has 1 aliphatic rings. The van der Waals surface area contributed by atoms with Crippen molar-refractivity contribution >= 4 is 40.2 Å². The minimum Gasteiger partial charge on any atom is -0.497 e. The van der Waals surface area contributed by atoms with Crippen LogP contribution in [0.1, 0.15) is 24.8 Å². The molecule has 5 nitrogen and oxygen atoms in total. The van der Waals surface area contributed by atoms with Crippen LogP contribution in [0.15, 0.2) is 47.5 Å². The first-order valence-corrected chi connectivity index (χ1v) is 13.4. The number of rotatable bonds is 10. The SMILES string of the molecule is COc1ccc2ncc(Cl)c(CCC[C@H]3CCN(CCSc4cc(F)ccc4F)C[C@H]3C(=O)O)c2c1. The second-order valence-electron chi connectivity index (χ2n) is 9.08. The maximum absolute atomic E-state index is 13.8. The van der Waals surface area contributed by atoms with Crippen molar-refractivity contribution in [1.29, 1.82) is 0 Å². The normalized spacial score (nSPS) is 18.4. The van der Waals surface area contributed by atoms with Gasteiger partial charge in [0.05, 0.1) is 23.6 Å². The summed E-state index contributed by atoms with van der Waals surface area (Å²) in [5.74, 6) is -0.771. The first-order chi connectivity index (χ1) is 17.4. The van der Waals surface area contributed by atoms with Gasteiger partial charge in [-0.15, -0.1) is 11.8 Å². The van der Waals surface area contributed by atoms with E-state index < -0.39 is 23.5 Å². The van der Waals surface area contributed by atoms with Crippen molar-refractivity contribution in [2.45, 2.75) is 30.6 Å². The van der Waals surface area contributed by atoms with Gasteiger partial charge in [0.2, 0.25) is 0 Å². The van der Waals surface area contributed by atoms with Crippen molar-refractivity contribution in [2.24, 2.45) is 11.8 Å². The third-order valence-electron chi connectivity index (χ3n) is 6.85. The summed E-state index contributed by atoms with van der Waals surface area (Å²) in [6.45, 7) is 1.87. The standard InChI is InChI=1S/C27H29ClF2N2O3S/c1-35-19-6-8-25-21(14-19)20(23(28)15-31-25)4-2-3-17-9-10-32(16-22(17)27(33)34)11-12-36-26-13-18(29)5-7-24(26)30/h5-8,13-15,17,22H,2-4,9-12,16H2,1H3,(H,33,34)/t17-,22+/m0/s1. The zero-order valence-electron chi connectivity index (χ0n) is 20.1. The van der Waals surface area contributed by atoms with Crippen LogP contribution in [0.3, 0.4) is 0 Å². The van der Waals surface area contributed by atoms with Gasteiger partial charge in [-0.25, -0.2) is 8.78 Å². The Kier molecular flexibility index (Phi) is 9.04. The Bertz CT molecular complexity index is 1230. The minimum absolute atomic E-state index is 0.0773. The fourth-order valence-corrected chi connectivity index (χ4v) is 6.11. The van der Waals surface area contributed by atoms with E-state index in [2.05, 4.69) is 9.88 Å². The summed E-state index contributed by atoms with van der Waals surface area (Å²) in [6.07, 6.45) is 4.79. The second kappa shape index (κ2) is 12.2. The number of aryl methyl sites for hydroxylation is 1. The highest BCUT2D eigenvalue weighted by atomic mass is 35.5. The average molecular weight is 535 g/mol. The number of aliphatic carboxylic acids is 1. The molecule has 2 heterocycles. The van der Waals surface area contributed by atoms with Crippen molar-refractivity contribution in [3.8, 4) is 5.75 Å². The number of carboxylic acid groups (broad SMARTS) is 1. The van der Waals surface area contributed by atoms with Gasteiger partial charge < -0.3 is 14.7 Å². The van der Waals surface area contributed by atoms with Gasteiger partial charge in [-0.2, -0.15) is 0 Å². The van der Waals surface area contributed by atoms with Crippen molar-refractivity contribution in [1.82, 2.24) is 9.88 Å². The number of thioether (sulfide) groups is 1. The molecule has 192 valence electrons. The number of aromatic nitrogens is 1. The van der Waals surface area contributed by atoms with Crippen LogP contribution >= 0.6 is 23.4 Å². The lowest BCUT2D eigenvalue weighted by atomic mass is 9.81. The molecule has 1 saturated heterocycles. The number of ether oxygens (including phenoxy) is 1. The minimum atomic E-state index is -0.786. The number of pyridine rings is 1. The van der Waals surface area contributed by atoms with Crippen molar-refractivity contribution in [2.75, 3.05) is 32.5 Å². The number of carboxylic acids is 1. The highest BCUT2D eigenvalue weighted by Crippen LogP contribution is 2.32. The number of hydrogen-bond donors (Lipinski definition) is 1. The lowest BCUT2D eigenvalue weighted by molar-refractivity contribution is -0.146. The van der Waals surface area contributed by atoms with Crippen molar-refractivity contribution in [3.05, 3.63) is 64.8 Å². The molecule has 3 aromatic rings. The van der Waals surface area contributed by atoms with Gasteiger partial charge in [0, 0.05) is 35.3 Å². The Morgan fingerprint density at radius 2 is 2.11 bits per heavy atom. The van der Waals surface area contributed by atoms with Crippen LogP contribution in [0.25, 0.3) is 10.9 Å². The number of halogens is 3. The maximum atomic E-state index is 13.8. The van der Waals surface area contributed by atoms with Crippen LogP contribution in [0, 0.1) is 23.5 Å². The molecule has 36 heavy (non-hydrogen) atoms. The van der Waals surface area contributed by atoms with E-state index in [0.29, 0.717) is 23.9 Å². The van der Waals surface area contributed by atoms with E-state index in [1.165, 1.54) is 17.8 Å². The topological polar surface area (TPSA) is 62.7 Å². The summed E-state index contributed by atoms with van der Waals surface area (Å²) in [4.78, 5) is 18.8. The molecule has 4 rings (SSSR count). The predicted molar refractivity (Wildman–Crippen MR) is 139 cm³/mol. The average Bonchev–Trinajstić information content (AvgIpc) is 2.87. The summed E-state index contributed by atoms with van der Waals surface area (Å²) < 4.78 is 32.6. The lowest BCUT2D eigenvalue weighted by Crippen LogP contribution is -2.44. The van der Waals surface area contributed by atoms with Crippen LogP contribution in [0.2, 0.25) is 5.02 Å². The molecule has 0 amide bonds. The third kappa shape index (κ3) is 6.47. The van der Waals surface area contributed by atoms with Gasteiger partial charge in [-0.05, 0) is 80.1 Å². The number of methoxy groups -OCH3 is 1. The molecule has 2 atom stereocenters. The van der Waals surface area contributed by atoms with Gasteiger partial charge >= 0.3 is 5.97 Å². The van der Waals surface area contributed by atoms with E-state index in [0.717, 1.165) is 66.6 Å². The van der Waals surface area contributed by atoms with E-state index in [4.69, 9.17) is 16.3 Å². The molecule has 0 bridgehead atoms. The second-order valence-corrected chi connectivity index (χ2v) is 10.6. The fraction of sp³-hybridized carbons (Fsp3) is 0.407. The molecule has 0 spiro atoms. The number of benzene rings is 2. The van der Waals surface area contributed by atoms with Crippen LogP contribution in [0.4, 0.5) is 8.78 Å². The fourth-order valence-electron chi connectivity index (χ4n) is 4.89. The quantitative estimate of drug-likeness (QED) is 0.307. The van der Waals surface area contributed by atoms with Gasteiger partial charge in [-0.1, -0.05) is 11.6 Å². The Balaban J connectivity index is 1.32. The van der Waals surface area contributed by atoms with Gasteiger partial charge in [-0.3, -0.25) is 9.78 Å². The van der Waals surface area contributed by atoms with Crippen LogP contribution < -0.4 is 4.74 Å². The molecular formula is C27H29ClF2N2O3S. The van der Waals surface area contributed by atoms with Gasteiger partial charge in [0.25, 0.3) is 0 Å². The molecular weight excluding hydrogens is 506 g/mol. The molecule has 0 radical (unpaired) electrons. The molecule has 1 fully saturated rings. The molecule has 1 aromatic heterocycles. The first kappa shape index (κ1) is 26.6. The summed E-state index contributed by atoms with van der Waals surface area (Å²) >= 11 is 7.73. The van der Waals surface area contributed by atoms with Crippen LogP contribution in [-0.2, 0) is 11.2 Å². The highest BCUT2D eigenvalue weighted by Gasteiger charge is 2.33. The van der Waals surface area contributed by atoms with Crippen molar-refractivity contribution < 1.29 is 23.4 Å². The number of fused-ring (bicyclic) bond motifs is 1. The van der Waals surface area contributed by atoms with E-state index >= 15 is 0 Å². The molecule has 0 unspecified atom stereocenters. The van der Waals surface area contributed by atoms with E-state index in [1.807, 2.05) is 18.2 Å². The molecule has 2 aromatic carbocycles. The molecule has 9 heteroatoms. The zero-order valence-corrected chi connectivity index (χ0v) is 21.6. The first-order valence-electron chi connectivity index (χ1n) is 12.0. The molecule has 0 saturated carbocycles. The molecule has 0 aliphatic carbocycles. The van der Waals surface area contributed by atoms with Crippen molar-refractivity contribution in [3.63, 3.8) is 0 Å². The van der Waals surface area contributed by atoms with E-state index in [1.54, 1.807) is 13.3 Å². The Morgan fingerprint density at radius 1 is 1.28 bits per heavy atom. The lowest BCUT2D eigenvalue weighted by Gasteiger charge is -2.36. The van der Waals surface area contributed by atoms with Gasteiger partial charge in [0.15, 0.2) is 0 Å². The van der Waals surface area contributed by atoms with Crippen LogP contribution in [-0.4, -0.2) is 53.5 Å². The summed E-state index contributed by atoms with van der Waals surface area (Å²) in [7, 11) is 1.62. The zero-order chi connectivity index (χ0) is 25.7. The smallest absolute Gasteiger partial charge is 0.308 e. The Hall–Kier alpha value is -2.42. The number of nitrogens with zero attached hydrogens (tertiary/aromatic N) is 2. The summed E-state index contributed by atoms with van der Waals surface area (Å²) in [5, 5.41) is 11.5. The van der Waals surface area contributed by atoms with E-state index in [9.17, 15) is 18.7 Å². The number of piperidine rings is 1. The monoisotopic (exact) mass is 534 g/mol. The van der Waals surface area contributed by atoms with E-state index in [-0.39, 0.29) is 10.8 Å². The third-order valence-corrected chi connectivity index (χ3v) is 8.19. The maximum Gasteiger partial charge on any atom is 0.308 e. The molecule has 1 aliphatic heterocycles. The predicted octanol–water partition coefficient (Wildman–Crippen LogP) is 6.31. The number of carbonyl (C=O) groups is 1. The Labute approximate surface area is 218 Å². The number of likely N-dealkylation sites (tertiary alicyclic amines) is 1. The molecule has 1 N–H and O–H groups in total. The van der Waals surface area contributed by atoms with Gasteiger partial charge in [0.1, 0.15) is 17.4 Å². The largest absolute Gasteiger partial charge is 0.497 e. The summed E-state index contributed by atoms with van der Waals surface area (Å²) in [5.41, 5.74) is 1.86. The van der Waals surface area contributed by atoms with Crippen LogP contribution in [0.5, 0.6) is 5.75 Å². The highest BCUT2D eigenvalue weighted by molar-refractivity contribution is 7.99. The Morgan fingerprint density at radius 3 is 2.89 bits per heavy atom. The summed E-state index contributed by atoms with van der Waals surface area (Å²) in [6, 6.07) is 9.14. The number of hydrogen-bond acceptors (Lipinski definition) is 5.